The molecule has 0 heterocycles. The Hall–Kier alpha value is -0.0100. The third kappa shape index (κ3) is 10.5. The normalized spacial score (nSPS) is 11.0. The molecule has 0 aliphatic carbocycles. The molecule has 0 bridgehead atoms. The predicted octanol–water partition coefficient (Wildman–Crippen LogP) is 4.86. The molecule has 1 nitrogen and oxygen atoms in total. The van der Waals surface area contributed by atoms with E-state index in [2.05, 4.69) is 25.7 Å². The molecule has 0 atom stereocenters. The molecule has 2 heteroatoms. The van der Waals surface area contributed by atoms with Gasteiger partial charge in [0.25, 0.3) is 0 Å². The second kappa shape index (κ2) is 11.5. The van der Waals surface area contributed by atoms with E-state index in [-0.39, 0.29) is 0 Å². The van der Waals surface area contributed by atoms with Gasteiger partial charge >= 0.3 is 0 Å². The molecule has 96 valence electrons. The fourth-order valence-electron chi connectivity index (χ4n) is 1.89. The molecular formula is C14H28ClN. The highest BCUT2D eigenvalue weighted by Gasteiger charge is 2.07. The molecular weight excluding hydrogens is 218 g/mol. The number of halogens is 1. The van der Waals surface area contributed by atoms with E-state index in [0.717, 1.165) is 11.6 Å². The summed E-state index contributed by atoms with van der Waals surface area (Å²) in [6, 6.07) is 0.633. The molecule has 0 aromatic rings. The van der Waals surface area contributed by atoms with Gasteiger partial charge in [-0.3, -0.25) is 0 Å². The summed E-state index contributed by atoms with van der Waals surface area (Å²) in [5.74, 6) is 0. The molecule has 0 spiro atoms. The second-order valence-electron chi connectivity index (χ2n) is 4.59. The smallest absolute Gasteiger partial charge is 0.0310 e. The number of hydrogen-bond acceptors (Lipinski definition) is 1. The molecule has 0 saturated heterocycles. The van der Waals surface area contributed by atoms with E-state index in [1.165, 1.54) is 51.4 Å². The summed E-state index contributed by atoms with van der Waals surface area (Å²) in [6.07, 6.45) is 10.5. The minimum Gasteiger partial charge on any atom is -0.309 e. The molecule has 0 rings (SSSR count). The first-order valence-electron chi connectivity index (χ1n) is 6.77. The van der Waals surface area contributed by atoms with E-state index >= 15 is 0 Å². The first-order valence-corrected chi connectivity index (χ1v) is 7.15. The van der Waals surface area contributed by atoms with Crippen LogP contribution in [0.4, 0.5) is 0 Å². The van der Waals surface area contributed by atoms with Crippen LogP contribution in [-0.2, 0) is 0 Å². The maximum atomic E-state index is 5.79. The molecule has 0 fully saturated rings. The van der Waals surface area contributed by atoms with Crippen LogP contribution in [0.15, 0.2) is 11.6 Å². The summed E-state index contributed by atoms with van der Waals surface area (Å²) in [6.45, 7) is 8.98. The van der Waals surface area contributed by atoms with Gasteiger partial charge in [-0.1, -0.05) is 70.6 Å². The van der Waals surface area contributed by atoms with Crippen molar-refractivity contribution in [2.75, 3.05) is 6.54 Å². The third-order valence-electron chi connectivity index (χ3n) is 2.89. The fourth-order valence-corrected chi connectivity index (χ4v) is 1.96. The Labute approximate surface area is 107 Å². The van der Waals surface area contributed by atoms with Gasteiger partial charge in [0.15, 0.2) is 0 Å². The molecule has 0 aliphatic rings. The summed E-state index contributed by atoms with van der Waals surface area (Å²) in [7, 11) is 0. The lowest BCUT2D eigenvalue weighted by molar-refractivity contribution is 0.433. The minimum absolute atomic E-state index is 0.633. The first kappa shape index (κ1) is 16.0. The Balaban J connectivity index is 3.71. The highest BCUT2D eigenvalue weighted by molar-refractivity contribution is 6.29. The lowest BCUT2D eigenvalue weighted by atomic mass is 10.0. The van der Waals surface area contributed by atoms with Crippen LogP contribution in [0.25, 0.3) is 0 Å². The maximum absolute atomic E-state index is 5.79. The number of nitrogens with one attached hydrogen (secondary N) is 1. The Morgan fingerprint density at radius 2 is 1.56 bits per heavy atom. The zero-order valence-electron chi connectivity index (χ0n) is 11.0. The van der Waals surface area contributed by atoms with Gasteiger partial charge in [0, 0.05) is 17.6 Å². The summed E-state index contributed by atoms with van der Waals surface area (Å²) in [4.78, 5) is 0. The SMILES string of the molecule is C=C(Cl)CNC(CCCCC)CCCCC. The average Bonchev–Trinajstić information content (AvgIpc) is 2.25. The van der Waals surface area contributed by atoms with Crippen molar-refractivity contribution in [2.24, 2.45) is 0 Å². The highest BCUT2D eigenvalue weighted by Crippen LogP contribution is 2.11. The Morgan fingerprint density at radius 3 is 1.94 bits per heavy atom. The van der Waals surface area contributed by atoms with Crippen LogP contribution in [-0.4, -0.2) is 12.6 Å². The zero-order valence-corrected chi connectivity index (χ0v) is 11.8. The van der Waals surface area contributed by atoms with Crippen molar-refractivity contribution in [2.45, 2.75) is 71.3 Å². The van der Waals surface area contributed by atoms with E-state index in [4.69, 9.17) is 11.6 Å². The Morgan fingerprint density at radius 1 is 1.06 bits per heavy atom. The quantitative estimate of drug-likeness (QED) is 0.513. The highest BCUT2D eigenvalue weighted by atomic mass is 35.5. The van der Waals surface area contributed by atoms with Crippen molar-refractivity contribution in [3.8, 4) is 0 Å². The van der Waals surface area contributed by atoms with Crippen molar-refractivity contribution in [1.82, 2.24) is 5.32 Å². The fraction of sp³-hybridized carbons (Fsp3) is 0.857. The van der Waals surface area contributed by atoms with Gasteiger partial charge in [-0.25, -0.2) is 0 Å². The van der Waals surface area contributed by atoms with Crippen molar-refractivity contribution in [3.05, 3.63) is 11.6 Å². The van der Waals surface area contributed by atoms with E-state index < -0.39 is 0 Å². The van der Waals surface area contributed by atoms with Crippen LogP contribution in [0, 0.1) is 0 Å². The second-order valence-corrected chi connectivity index (χ2v) is 5.12. The Kier molecular flexibility index (Phi) is 11.5. The molecule has 0 radical (unpaired) electrons. The molecule has 0 amide bonds. The monoisotopic (exact) mass is 245 g/mol. The molecule has 16 heavy (non-hydrogen) atoms. The van der Waals surface area contributed by atoms with Crippen LogP contribution in [0.3, 0.4) is 0 Å². The Bertz CT molecular complexity index is 158. The first-order chi connectivity index (χ1) is 7.70. The van der Waals surface area contributed by atoms with Crippen LogP contribution in [0.1, 0.15) is 65.2 Å². The summed E-state index contributed by atoms with van der Waals surface area (Å²) >= 11 is 5.79. The van der Waals surface area contributed by atoms with Gasteiger partial charge in [-0.2, -0.15) is 0 Å². The molecule has 0 aliphatic heterocycles. The van der Waals surface area contributed by atoms with Gasteiger partial charge in [0.1, 0.15) is 0 Å². The van der Waals surface area contributed by atoms with Crippen LogP contribution >= 0.6 is 11.6 Å². The largest absolute Gasteiger partial charge is 0.309 e. The standard InChI is InChI=1S/C14H28ClN/c1-4-6-8-10-14(11-9-7-5-2)16-12-13(3)15/h14,16H,3-12H2,1-2H3. The minimum atomic E-state index is 0.633. The third-order valence-corrected chi connectivity index (χ3v) is 3.03. The summed E-state index contributed by atoms with van der Waals surface area (Å²) in [5, 5.41) is 4.22. The topological polar surface area (TPSA) is 12.0 Å². The van der Waals surface area contributed by atoms with E-state index in [9.17, 15) is 0 Å². The molecule has 0 saturated carbocycles. The van der Waals surface area contributed by atoms with Crippen LogP contribution in [0.2, 0.25) is 0 Å². The summed E-state index contributed by atoms with van der Waals surface area (Å²) in [5.41, 5.74) is 0. The maximum Gasteiger partial charge on any atom is 0.0310 e. The predicted molar refractivity (Wildman–Crippen MR) is 75.1 cm³/mol. The van der Waals surface area contributed by atoms with E-state index in [1.807, 2.05) is 0 Å². The molecule has 0 aromatic heterocycles. The van der Waals surface area contributed by atoms with Gasteiger partial charge in [-0.05, 0) is 12.8 Å². The molecule has 0 unspecified atom stereocenters. The van der Waals surface area contributed by atoms with Gasteiger partial charge < -0.3 is 5.32 Å². The lowest BCUT2D eigenvalue weighted by Crippen LogP contribution is -2.30. The van der Waals surface area contributed by atoms with Crippen LogP contribution < -0.4 is 5.32 Å². The number of hydrogen-bond donors (Lipinski definition) is 1. The van der Waals surface area contributed by atoms with Gasteiger partial charge in [-0.15, -0.1) is 0 Å². The number of unbranched alkanes of at least 4 members (excludes halogenated alkanes) is 4. The lowest BCUT2D eigenvalue weighted by Gasteiger charge is -2.18. The number of rotatable bonds is 11. The van der Waals surface area contributed by atoms with Gasteiger partial charge in [0.05, 0.1) is 0 Å². The average molecular weight is 246 g/mol. The molecule has 1 N–H and O–H groups in total. The van der Waals surface area contributed by atoms with Crippen molar-refractivity contribution in [3.63, 3.8) is 0 Å². The molecule has 0 aromatic carbocycles. The van der Waals surface area contributed by atoms with Crippen molar-refractivity contribution in [1.29, 1.82) is 0 Å². The van der Waals surface area contributed by atoms with Crippen molar-refractivity contribution < 1.29 is 0 Å². The van der Waals surface area contributed by atoms with Gasteiger partial charge in [0.2, 0.25) is 0 Å². The zero-order chi connectivity index (χ0) is 12.2. The summed E-state index contributed by atoms with van der Waals surface area (Å²) < 4.78 is 0. The van der Waals surface area contributed by atoms with Crippen molar-refractivity contribution >= 4 is 11.6 Å². The van der Waals surface area contributed by atoms with Crippen LogP contribution in [0.5, 0.6) is 0 Å². The van der Waals surface area contributed by atoms with E-state index in [0.29, 0.717) is 6.04 Å². The van der Waals surface area contributed by atoms with E-state index in [1.54, 1.807) is 0 Å².